The van der Waals surface area contributed by atoms with Gasteiger partial charge in [0, 0.05) is 43.6 Å². The summed E-state index contributed by atoms with van der Waals surface area (Å²) >= 11 is 0. The average molecular weight is 409 g/mol. The summed E-state index contributed by atoms with van der Waals surface area (Å²) in [5, 5.41) is 0. The van der Waals surface area contributed by atoms with E-state index in [0.717, 1.165) is 31.0 Å². The zero-order valence-corrected chi connectivity index (χ0v) is 17.8. The summed E-state index contributed by atoms with van der Waals surface area (Å²) in [5.74, 6) is 1.03. The quantitative estimate of drug-likeness (QED) is 0.777. The monoisotopic (exact) mass is 408 g/mol. The molecule has 158 valence electrons. The van der Waals surface area contributed by atoms with Crippen LogP contribution in [0.3, 0.4) is 0 Å². The Morgan fingerprint density at radius 1 is 1.17 bits per heavy atom. The molecule has 2 aromatic rings. The lowest BCUT2D eigenvalue weighted by molar-refractivity contribution is 0.0746. The van der Waals surface area contributed by atoms with Crippen LogP contribution in [0.4, 0.5) is 16.3 Å². The highest BCUT2D eigenvalue weighted by atomic mass is 16.6. The van der Waals surface area contributed by atoms with E-state index in [2.05, 4.69) is 29.8 Å². The molecule has 0 spiro atoms. The fraction of sp³-hybridized carbons (Fsp3) is 0.435. The molecule has 0 saturated carbocycles. The number of amides is 2. The Hall–Kier alpha value is -3.09. The number of ether oxygens (including phenoxy) is 1. The Bertz CT molecular complexity index is 936. The van der Waals surface area contributed by atoms with Gasteiger partial charge in [0.2, 0.25) is 0 Å². The lowest BCUT2D eigenvalue weighted by Crippen LogP contribution is -2.49. The number of piperazine rings is 1. The SMILES string of the molecule is CCc1cnc(N2CCN(C(=O)c3ccc(N4C(=O)OCC4C)cc3)CC2)c(C)c1. The van der Waals surface area contributed by atoms with Gasteiger partial charge in [-0.15, -0.1) is 0 Å². The number of cyclic esters (lactones) is 1. The number of anilines is 2. The first kappa shape index (κ1) is 20.2. The van der Waals surface area contributed by atoms with Crippen LogP contribution >= 0.6 is 0 Å². The molecule has 0 bridgehead atoms. The van der Waals surface area contributed by atoms with Crippen LogP contribution < -0.4 is 9.80 Å². The molecule has 1 aromatic carbocycles. The first-order valence-corrected chi connectivity index (χ1v) is 10.5. The van der Waals surface area contributed by atoms with Crippen LogP contribution in [0, 0.1) is 6.92 Å². The average Bonchev–Trinajstić information content (AvgIpc) is 3.11. The standard InChI is InChI=1S/C23H28N4O3/c1-4-18-13-16(2)21(24-14-18)25-9-11-26(12-10-25)22(28)19-5-7-20(8-6-19)27-17(3)15-30-23(27)29/h5-8,13-14,17H,4,9-12,15H2,1-3H3. The van der Waals surface area contributed by atoms with Crippen molar-refractivity contribution in [3.8, 4) is 0 Å². The second kappa shape index (κ2) is 8.34. The number of hydrogen-bond donors (Lipinski definition) is 0. The van der Waals surface area contributed by atoms with Crippen molar-refractivity contribution >= 4 is 23.5 Å². The molecule has 7 nitrogen and oxygen atoms in total. The van der Waals surface area contributed by atoms with Crippen LogP contribution in [0.15, 0.2) is 36.5 Å². The lowest BCUT2D eigenvalue weighted by atomic mass is 10.1. The zero-order valence-electron chi connectivity index (χ0n) is 17.8. The van der Waals surface area contributed by atoms with Gasteiger partial charge >= 0.3 is 6.09 Å². The topological polar surface area (TPSA) is 66.0 Å². The third kappa shape index (κ3) is 3.84. The molecule has 1 unspecified atom stereocenters. The van der Waals surface area contributed by atoms with E-state index in [4.69, 9.17) is 4.74 Å². The zero-order chi connectivity index (χ0) is 21.3. The molecule has 2 aliphatic heterocycles. The minimum Gasteiger partial charge on any atom is -0.447 e. The summed E-state index contributed by atoms with van der Waals surface area (Å²) in [4.78, 5) is 35.2. The van der Waals surface area contributed by atoms with E-state index in [1.54, 1.807) is 17.0 Å². The summed E-state index contributed by atoms with van der Waals surface area (Å²) < 4.78 is 5.07. The molecule has 0 aliphatic carbocycles. The van der Waals surface area contributed by atoms with Gasteiger partial charge in [-0.3, -0.25) is 9.69 Å². The van der Waals surface area contributed by atoms with E-state index in [9.17, 15) is 9.59 Å². The van der Waals surface area contributed by atoms with Crippen molar-refractivity contribution in [1.29, 1.82) is 0 Å². The van der Waals surface area contributed by atoms with E-state index >= 15 is 0 Å². The number of benzene rings is 1. The molecule has 2 fully saturated rings. The molecule has 1 aromatic heterocycles. The number of pyridine rings is 1. The Morgan fingerprint density at radius 2 is 1.87 bits per heavy atom. The molecular formula is C23H28N4O3. The van der Waals surface area contributed by atoms with Crippen molar-refractivity contribution in [1.82, 2.24) is 9.88 Å². The van der Waals surface area contributed by atoms with Gasteiger partial charge in [0.1, 0.15) is 12.4 Å². The number of rotatable bonds is 4. The maximum Gasteiger partial charge on any atom is 0.414 e. The first-order chi connectivity index (χ1) is 14.5. The van der Waals surface area contributed by atoms with E-state index in [-0.39, 0.29) is 18.0 Å². The molecule has 2 saturated heterocycles. The summed E-state index contributed by atoms with van der Waals surface area (Å²) in [7, 11) is 0. The Balaban J connectivity index is 1.39. The normalized spacial score (nSPS) is 19.2. The molecule has 4 rings (SSSR count). The minimum atomic E-state index is -0.339. The van der Waals surface area contributed by atoms with Crippen molar-refractivity contribution in [2.24, 2.45) is 0 Å². The molecule has 0 N–H and O–H groups in total. The fourth-order valence-electron chi connectivity index (χ4n) is 4.09. The van der Waals surface area contributed by atoms with Crippen LogP contribution in [0.25, 0.3) is 0 Å². The summed E-state index contributed by atoms with van der Waals surface area (Å²) in [6, 6.07) is 9.40. The summed E-state index contributed by atoms with van der Waals surface area (Å²) in [5.41, 5.74) is 3.81. The van der Waals surface area contributed by atoms with Crippen LogP contribution in [0.5, 0.6) is 0 Å². The van der Waals surface area contributed by atoms with Crippen LogP contribution in [-0.4, -0.2) is 60.7 Å². The van der Waals surface area contributed by atoms with E-state index in [1.165, 1.54) is 11.1 Å². The predicted octanol–water partition coefficient (Wildman–Crippen LogP) is 3.26. The van der Waals surface area contributed by atoms with Gasteiger partial charge in [-0.05, 0) is 55.7 Å². The highest BCUT2D eigenvalue weighted by Crippen LogP contribution is 2.24. The third-order valence-electron chi connectivity index (χ3n) is 5.86. The number of nitrogens with zero attached hydrogens (tertiary/aromatic N) is 4. The molecule has 1 atom stereocenters. The molecule has 0 radical (unpaired) electrons. The largest absolute Gasteiger partial charge is 0.447 e. The van der Waals surface area contributed by atoms with Gasteiger partial charge < -0.3 is 14.5 Å². The molecule has 2 amide bonds. The van der Waals surface area contributed by atoms with E-state index in [0.29, 0.717) is 25.3 Å². The highest BCUT2D eigenvalue weighted by molar-refractivity contribution is 5.96. The first-order valence-electron chi connectivity index (χ1n) is 10.5. The van der Waals surface area contributed by atoms with Gasteiger partial charge in [-0.25, -0.2) is 9.78 Å². The highest BCUT2D eigenvalue weighted by Gasteiger charge is 2.31. The summed E-state index contributed by atoms with van der Waals surface area (Å²) in [6.45, 7) is 9.40. The molecule has 7 heteroatoms. The van der Waals surface area contributed by atoms with Gasteiger partial charge in [0.25, 0.3) is 5.91 Å². The van der Waals surface area contributed by atoms with Crippen molar-refractivity contribution in [3.63, 3.8) is 0 Å². The maximum atomic E-state index is 12.9. The molecular weight excluding hydrogens is 380 g/mol. The number of aryl methyl sites for hydroxylation is 2. The Labute approximate surface area is 177 Å². The fourth-order valence-corrected chi connectivity index (χ4v) is 4.09. The molecule has 3 heterocycles. The van der Waals surface area contributed by atoms with Gasteiger partial charge in [-0.2, -0.15) is 0 Å². The number of carbonyl (C=O) groups is 2. The maximum absolute atomic E-state index is 12.9. The van der Waals surface area contributed by atoms with Gasteiger partial charge in [0.05, 0.1) is 6.04 Å². The van der Waals surface area contributed by atoms with Crippen molar-refractivity contribution in [2.45, 2.75) is 33.2 Å². The van der Waals surface area contributed by atoms with Crippen molar-refractivity contribution < 1.29 is 14.3 Å². The number of aromatic nitrogens is 1. The molecule has 30 heavy (non-hydrogen) atoms. The predicted molar refractivity (Wildman–Crippen MR) is 116 cm³/mol. The lowest BCUT2D eigenvalue weighted by Gasteiger charge is -2.36. The van der Waals surface area contributed by atoms with Crippen molar-refractivity contribution in [2.75, 3.05) is 42.6 Å². The number of hydrogen-bond acceptors (Lipinski definition) is 5. The van der Waals surface area contributed by atoms with Gasteiger partial charge in [0.15, 0.2) is 0 Å². The van der Waals surface area contributed by atoms with E-state index < -0.39 is 0 Å². The third-order valence-corrected chi connectivity index (χ3v) is 5.86. The second-order valence-electron chi connectivity index (χ2n) is 7.96. The Kier molecular flexibility index (Phi) is 5.61. The van der Waals surface area contributed by atoms with Crippen LogP contribution in [-0.2, 0) is 11.2 Å². The van der Waals surface area contributed by atoms with Crippen LogP contribution in [0.1, 0.15) is 35.3 Å². The minimum absolute atomic E-state index is 0.00409. The smallest absolute Gasteiger partial charge is 0.414 e. The van der Waals surface area contributed by atoms with Crippen LogP contribution in [0.2, 0.25) is 0 Å². The molecule has 2 aliphatic rings. The second-order valence-corrected chi connectivity index (χ2v) is 7.96. The summed E-state index contributed by atoms with van der Waals surface area (Å²) in [6.07, 6.45) is 2.58. The number of carbonyl (C=O) groups excluding carboxylic acids is 2. The Morgan fingerprint density at radius 3 is 2.43 bits per heavy atom. The van der Waals surface area contributed by atoms with E-state index in [1.807, 2.05) is 30.2 Å². The van der Waals surface area contributed by atoms with Crippen molar-refractivity contribution in [3.05, 3.63) is 53.2 Å². The van der Waals surface area contributed by atoms with Gasteiger partial charge in [-0.1, -0.05) is 13.0 Å².